The van der Waals surface area contributed by atoms with E-state index in [0.717, 1.165) is 53.0 Å². The van der Waals surface area contributed by atoms with E-state index >= 15 is 0 Å². The molecule has 3 aliphatic heterocycles. The van der Waals surface area contributed by atoms with Gasteiger partial charge < -0.3 is 20.4 Å². The highest BCUT2D eigenvalue weighted by molar-refractivity contribution is 6.32. The minimum atomic E-state index is -0.429. The van der Waals surface area contributed by atoms with Crippen LogP contribution < -0.4 is 25.8 Å². The van der Waals surface area contributed by atoms with Gasteiger partial charge in [0.05, 0.1) is 29.7 Å². The van der Waals surface area contributed by atoms with E-state index in [1.54, 1.807) is 22.8 Å². The molecule has 0 saturated carbocycles. The molecule has 4 aromatic rings. The molecule has 2 saturated heterocycles. The normalized spacial score (nSPS) is 21.7. The molecule has 3 aliphatic rings. The SMILES string of the molecule is C[C@@H]1CN(c2ncc(Cl)c(Nc3ccc4c(c3)CC(=O)N4C)n2)CC[C@H]1Nc1ccc2c([C@H]3CCC(=O)NC3=O)nn(C)c2c1. The summed E-state index contributed by atoms with van der Waals surface area (Å²) < 4.78 is 1.80. The van der Waals surface area contributed by atoms with Gasteiger partial charge in [0.2, 0.25) is 23.7 Å². The number of carbonyl (C=O) groups excluding carboxylic acids is 3. The van der Waals surface area contributed by atoms with Crippen LogP contribution in [-0.4, -0.2) is 63.6 Å². The number of halogens is 1. The Morgan fingerprint density at radius 2 is 1.87 bits per heavy atom. The molecule has 2 fully saturated rings. The first-order chi connectivity index (χ1) is 21.6. The number of hydrogen-bond donors (Lipinski definition) is 3. The maximum absolute atomic E-state index is 12.5. The summed E-state index contributed by atoms with van der Waals surface area (Å²) in [5.41, 5.74) is 5.33. The van der Waals surface area contributed by atoms with Crippen LogP contribution in [-0.2, 0) is 27.9 Å². The van der Waals surface area contributed by atoms with Gasteiger partial charge in [-0.25, -0.2) is 4.98 Å². The molecule has 0 bridgehead atoms. The van der Waals surface area contributed by atoms with E-state index in [-0.39, 0.29) is 23.8 Å². The van der Waals surface area contributed by atoms with E-state index in [9.17, 15) is 14.4 Å². The number of hydrogen-bond acceptors (Lipinski definition) is 9. The highest BCUT2D eigenvalue weighted by Gasteiger charge is 2.32. The van der Waals surface area contributed by atoms with Crippen LogP contribution in [0.15, 0.2) is 42.6 Å². The van der Waals surface area contributed by atoms with Crippen molar-refractivity contribution in [3.05, 3.63) is 58.9 Å². The van der Waals surface area contributed by atoms with E-state index in [1.807, 2.05) is 37.4 Å². The van der Waals surface area contributed by atoms with Crippen molar-refractivity contribution in [2.45, 2.75) is 44.6 Å². The molecule has 2 aromatic heterocycles. The van der Waals surface area contributed by atoms with Crippen molar-refractivity contribution < 1.29 is 14.4 Å². The summed E-state index contributed by atoms with van der Waals surface area (Å²) in [5.74, 6) is 0.562. The van der Waals surface area contributed by atoms with Crippen LogP contribution in [0.2, 0.25) is 5.02 Å². The number of rotatable bonds is 6. The van der Waals surface area contributed by atoms with Gasteiger partial charge in [0.1, 0.15) is 5.02 Å². The first kappa shape index (κ1) is 29.0. The smallest absolute Gasteiger partial charge is 0.235 e. The Balaban J connectivity index is 1.02. The van der Waals surface area contributed by atoms with Gasteiger partial charge >= 0.3 is 0 Å². The second-order valence-electron chi connectivity index (χ2n) is 12.2. The Morgan fingerprint density at radius 3 is 2.67 bits per heavy atom. The highest BCUT2D eigenvalue weighted by atomic mass is 35.5. The summed E-state index contributed by atoms with van der Waals surface area (Å²) in [7, 11) is 3.66. The monoisotopic (exact) mass is 627 g/mol. The quantitative estimate of drug-likeness (QED) is 0.270. The van der Waals surface area contributed by atoms with Crippen molar-refractivity contribution in [1.82, 2.24) is 25.1 Å². The number of anilines is 5. The van der Waals surface area contributed by atoms with Crippen molar-refractivity contribution in [3.8, 4) is 0 Å². The van der Waals surface area contributed by atoms with Crippen LogP contribution in [0.3, 0.4) is 0 Å². The number of nitrogens with zero attached hydrogens (tertiary/aromatic N) is 6. The van der Waals surface area contributed by atoms with Gasteiger partial charge in [0.25, 0.3) is 0 Å². The molecule has 3 amide bonds. The summed E-state index contributed by atoms with van der Waals surface area (Å²) in [5, 5.41) is 15.5. The highest BCUT2D eigenvalue weighted by Crippen LogP contribution is 2.34. The van der Waals surface area contributed by atoms with Gasteiger partial charge in [-0.15, -0.1) is 0 Å². The van der Waals surface area contributed by atoms with Gasteiger partial charge in [-0.1, -0.05) is 18.5 Å². The van der Waals surface area contributed by atoms with Crippen LogP contribution in [0.5, 0.6) is 0 Å². The van der Waals surface area contributed by atoms with Crippen LogP contribution in [0.1, 0.15) is 43.4 Å². The molecule has 2 aromatic carbocycles. The molecule has 0 unspecified atom stereocenters. The molecular weight excluding hydrogens is 594 g/mol. The third-order valence-corrected chi connectivity index (χ3v) is 9.42. The summed E-state index contributed by atoms with van der Waals surface area (Å²) in [4.78, 5) is 49.4. The number of fused-ring (bicyclic) bond motifs is 2. The average Bonchev–Trinajstić information content (AvgIpc) is 3.49. The van der Waals surface area contributed by atoms with Crippen LogP contribution in [0.4, 0.5) is 28.8 Å². The number of benzene rings is 2. The van der Waals surface area contributed by atoms with Crippen molar-refractivity contribution in [3.63, 3.8) is 0 Å². The van der Waals surface area contributed by atoms with E-state index in [2.05, 4.69) is 43.9 Å². The zero-order chi connectivity index (χ0) is 31.4. The van der Waals surface area contributed by atoms with E-state index in [1.165, 1.54) is 0 Å². The topological polar surface area (TPSA) is 137 Å². The van der Waals surface area contributed by atoms with Gasteiger partial charge in [0.15, 0.2) is 5.82 Å². The second-order valence-corrected chi connectivity index (χ2v) is 12.6. The third-order valence-electron chi connectivity index (χ3n) is 9.14. The molecule has 7 rings (SSSR count). The summed E-state index contributed by atoms with van der Waals surface area (Å²) in [6.45, 7) is 3.75. The van der Waals surface area contributed by atoms with Crippen molar-refractivity contribution in [2.75, 3.05) is 40.6 Å². The fourth-order valence-electron chi connectivity index (χ4n) is 6.63. The van der Waals surface area contributed by atoms with Gasteiger partial charge in [-0.2, -0.15) is 10.1 Å². The molecule has 0 spiro atoms. The summed E-state index contributed by atoms with van der Waals surface area (Å²) in [6.07, 6.45) is 3.67. The number of aromatic nitrogens is 4. The Hall–Kier alpha value is -4.71. The van der Waals surface area contributed by atoms with E-state index in [0.29, 0.717) is 47.7 Å². The molecule has 3 atom stereocenters. The van der Waals surface area contributed by atoms with Gasteiger partial charge in [-0.05, 0) is 60.7 Å². The zero-order valence-corrected chi connectivity index (χ0v) is 26.1. The molecule has 0 aliphatic carbocycles. The van der Waals surface area contributed by atoms with Gasteiger partial charge in [-0.3, -0.25) is 24.4 Å². The summed E-state index contributed by atoms with van der Waals surface area (Å²) in [6, 6.07) is 12.2. The Kier molecular flexibility index (Phi) is 7.31. The van der Waals surface area contributed by atoms with E-state index in [4.69, 9.17) is 16.6 Å². The van der Waals surface area contributed by atoms with Crippen molar-refractivity contribution >= 4 is 69.1 Å². The lowest BCUT2D eigenvalue weighted by molar-refractivity contribution is -0.134. The first-order valence-electron chi connectivity index (χ1n) is 15.2. The fraction of sp³-hybridized carbons (Fsp3) is 0.375. The summed E-state index contributed by atoms with van der Waals surface area (Å²) >= 11 is 6.48. The number of likely N-dealkylation sites (N-methyl/N-ethyl adjacent to an activating group) is 1. The maximum atomic E-state index is 12.5. The average molecular weight is 628 g/mol. The Bertz CT molecular complexity index is 1860. The molecule has 3 N–H and O–H groups in total. The predicted molar refractivity (Wildman–Crippen MR) is 173 cm³/mol. The minimum Gasteiger partial charge on any atom is -0.382 e. The lowest BCUT2D eigenvalue weighted by Crippen LogP contribution is -2.46. The van der Waals surface area contributed by atoms with Crippen LogP contribution in [0, 0.1) is 5.92 Å². The lowest BCUT2D eigenvalue weighted by atomic mass is 9.92. The number of nitrogens with one attached hydrogen (secondary N) is 3. The van der Waals surface area contributed by atoms with Crippen LogP contribution >= 0.6 is 11.6 Å². The predicted octanol–water partition coefficient (Wildman–Crippen LogP) is 4.13. The third kappa shape index (κ3) is 5.43. The second kappa shape index (κ2) is 11.3. The molecule has 0 radical (unpaired) electrons. The van der Waals surface area contributed by atoms with Gasteiger partial charge in [0, 0.05) is 62.1 Å². The lowest BCUT2D eigenvalue weighted by Gasteiger charge is -2.37. The molecule has 232 valence electrons. The molecule has 12 nitrogen and oxygen atoms in total. The van der Waals surface area contributed by atoms with Crippen LogP contribution in [0.25, 0.3) is 10.9 Å². The Labute approximate surface area is 265 Å². The molecule has 13 heteroatoms. The Morgan fingerprint density at radius 1 is 1.04 bits per heavy atom. The zero-order valence-electron chi connectivity index (χ0n) is 25.3. The van der Waals surface area contributed by atoms with E-state index < -0.39 is 5.92 Å². The number of piperidine rings is 2. The fourth-order valence-corrected chi connectivity index (χ4v) is 6.76. The number of imide groups is 1. The number of carbonyl (C=O) groups is 3. The number of amides is 3. The largest absolute Gasteiger partial charge is 0.382 e. The van der Waals surface area contributed by atoms with Crippen molar-refractivity contribution in [2.24, 2.45) is 13.0 Å². The molecule has 5 heterocycles. The molecule has 45 heavy (non-hydrogen) atoms. The minimum absolute atomic E-state index is 0.0768. The maximum Gasteiger partial charge on any atom is 0.235 e. The number of aryl methyl sites for hydroxylation is 1. The van der Waals surface area contributed by atoms with Crippen molar-refractivity contribution in [1.29, 1.82) is 0 Å². The first-order valence-corrected chi connectivity index (χ1v) is 15.5. The molecular formula is C32H34ClN9O3. The standard InChI is InChI=1S/C32H34ClN9O3/c1-17-16-42(32-34-15-23(33)30(38-32)36-19-5-8-25-18(12-19)13-28(44)40(25)2)11-10-24(17)35-20-4-6-21-26(14-20)41(3)39-29(21)22-7-9-27(43)37-31(22)45/h4-6,8,12,14-15,17,22,24,35H,7,9-11,13,16H2,1-3H3,(H,34,36,38)(H,37,43,45)/t17-,22-,24-/m1/s1.